The summed E-state index contributed by atoms with van der Waals surface area (Å²) in [5.74, 6) is 3.25. The molecule has 0 unspecified atom stereocenters. The zero-order chi connectivity index (χ0) is 14.4. The number of aldehydes is 1. The lowest BCUT2D eigenvalue weighted by molar-refractivity contribution is 0.112. The van der Waals surface area contributed by atoms with Crippen molar-refractivity contribution >= 4 is 35.3 Å². The predicted molar refractivity (Wildman–Crippen MR) is 79.5 cm³/mol. The number of nitrogens with zero attached hydrogens (tertiary/aromatic N) is 2. The van der Waals surface area contributed by atoms with E-state index in [1.807, 2.05) is 0 Å². The number of hydrogen-bond donors (Lipinski definition) is 2. The van der Waals surface area contributed by atoms with Gasteiger partial charge in [0.2, 0.25) is 5.95 Å². The Labute approximate surface area is 121 Å². The standard InChI is InChI=1S/C14H11ClN4O/c1-2-6-16-13-12(15)8-17-14(19-13)18-11-5-3-4-10(7-11)9-20/h1,3-5,7-9H,6H2,(H2,16,17,18,19). The molecule has 2 N–H and O–H groups in total. The molecule has 0 aliphatic rings. The van der Waals surface area contributed by atoms with E-state index in [9.17, 15) is 4.79 Å². The fraction of sp³-hybridized carbons (Fsp3) is 0.0714. The van der Waals surface area contributed by atoms with E-state index in [0.29, 0.717) is 34.6 Å². The van der Waals surface area contributed by atoms with Crippen LogP contribution >= 0.6 is 11.6 Å². The second kappa shape index (κ2) is 6.55. The SMILES string of the molecule is C#CCNc1nc(Nc2cccc(C=O)c2)ncc1Cl. The topological polar surface area (TPSA) is 66.9 Å². The van der Waals surface area contributed by atoms with Crippen LogP contribution in [0.25, 0.3) is 0 Å². The van der Waals surface area contributed by atoms with Crippen LogP contribution in [0.1, 0.15) is 10.4 Å². The Kier molecular flexibility index (Phi) is 4.53. The van der Waals surface area contributed by atoms with Crippen molar-refractivity contribution in [1.29, 1.82) is 0 Å². The molecule has 20 heavy (non-hydrogen) atoms. The van der Waals surface area contributed by atoms with Gasteiger partial charge in [-0.25, -0.2) is 4.98 Å². The molecule has 2 aromatic rings. The van der Waals surface area contributed by atoms with Gasteiger partial charge in [-0.1, -0.05) is 29.7 Å². The highest BCUT2D eigenvalue weighted by Gasteiger charge is 2.05. The van der Waals surface area contributed by atoms with Crippen LogP contribution < -0.4 is 10.6 Å². The molecular formula is C14H11ClN4O. The highest BCUT2D eigenvalue weighted by molar-refractivity contribution is 6.32. The van der Waals surface area contributed by atoms with Crippen LogP contribution in [0.15, 0.2) is 30.5 Å². The lowest BCUT2D eigenvalue weighted by Gasteiger charge is -2.08. The molecule has 0 bridgehead atoms. The van der Waals surface area contributed by atoms with Crippen LogP contribution in [-0.2, 0) is 0 Å². The minimum atomic E-state index is 0.316. The van der Waals surface area contributed by atoms with Crippen molar-refractivity contribution in [2.75, 3.05) is 17.2 Å². The quantitative estimate of drug-likeness (QED) is 0.653. The summed E-state index contributed by atoms with van der Waals surface area (Å²) in [6.45, 7) is 0.316. The Morgan fingerprint density at radius 3 is 3.05 bits per heavy atom. The fourth-order valence-electron chi connectivity index (χ4n) is 1.50. The third-order valence-electron chi connectivity index (χ3n) is 2.38. The maximum Gasteiger partial charge on any atom is 0.229 e. The second-order valence-electron chi connectivity index (χ2n) is 3.82. The van der Waals surface area contributed by atoms with Gasteiger partial charge in [-0.3, -0.25) is 4.79 Å². The Bertz CT molecular complexity index is 666. The van der Waals surface area contributed by atoms with E-state index in [-0.39, 0.29) is 0 Å². The second-order valence-corrected chi connectivity index (χ2v) is 4.22. The molecule has 1 aromatic carbocycles. The zero-order valence-electron chi connectivity index (χ0n) is 10.4. The summed E-state index contributed by atoms with van der Waals surface area (Å²) in [7, 11) is 0. The number of benzene rings is 1. The van der Waals surface area contributed by atoms with Crippen molar-refractivity contribution in [3.63, 3.8) is 0 Å². The van der Waals surface area contributed by atoms with Gasteiger partial charge in [0.15, 0.2) is 5.82 Å². The van der Waals surface area contributed by atoms with Gasteiger partial charge in [0.25, 0.3) is 0 Å². The zero-order valence-corrected chi connectivity index (χ0v) is 11.2. The van der Waals surface area contributed by atoms with Crippen molar-refractivity contribution in [2.24, 2.45) is 0 Å². The molecule has 2 rings (SSSR count). The van der Waals surface area contributed by atoms with Crippen LogP contribution in [0.2, 0.25) is 5.02 Å². The highest BCUT2D eigenvalue weighted by Crippen LogP contribution is 2.21. The molecule has 0 atom stereocenters. The molecular weight excluding hydrogens is 276 g/mol. The number of carbonyl (C=O) groups is 1. The molecule has 0 aliphatic heterocycles. The maximum absolute atomic E-state index is 10.7. The van der Waals surface area contributed by atoms with Gasteiger partial charge in [-0.15, -0.1) is 6.42 Å². The minimum Gasteiger partial charge on any atom is -0.358 e. The number of hydrogen-bond acceptors (Lipinski definition) is 5. The number of carbonyl (C=O) groups excluding carboxylic acids is 1. The highest BCUT2D eigenvalue weighted by atomic mass is 35.5. The molecule has 0 saturated heterocycles. The fourth-order valence-corrected chi connectivity index (χ4v) is 1.66. The minimum absolute atomic E-state index is 0.316. The van der Waals surface area contributed by atoms with Gasteiger partial charge in [-0.2, -0.15) is 4.98 Å². The average Bonchev–Trinajstić information content (AvgIpc) is 2.48. The van der Waals surface area contributed by atoms with Gasteiger partial charge < -0.3 is 10.6 Å². The van der Waals surface area contributed by atoms with Crippen molar-refractivity contribution in [3.05, 3.63) is 41.0 Å². The van der Waals surface area contributed by atoms with E-state index in [4.69, 9.17) is 18.0 Å². The molecule has 0 radical (unpaired) electrons. The van der Waals surface area contributed by atoms with Crippen LogP contribution in [0.3, 0.4) is 0 Å². The van der Waals surface area contributed by atoms with Gasteiger partial charge in [-0.05, 0) is 12.1 Å². The van der Waals surface area contributed by atoms with Crippen LogP contribution in [-0.4, -0.2) is 22.8 Å². The van der Waals surface area contributed by atoms with E-state index in [1.54, 1.807) is 24.3 Å². The lowest BCUT2D eigenvalue weighted by Crippen LogP contribution is -2.05. The molecule has 0 saturated carbocycles. The first-order valence-corrected chi connectivity index (χ1v) is 6.13. The normalized spacial score (nSPS) is 9.60. The van der Waals surface area contributed by atoms with E-state index >= 15 is 0 Å². The van der Waals surface area contributed by atoms with Gasteiger partial charge in [0, 0.05) is 11.3 Å². The molecule has 100 valence electrons. The third-order valence-corrected chi connectivity index (χ3v) is 2.66. The van der Waals surface area contributed by atoms with Crippen LogP contribution in [0.5, 0.6) is 0 Å². The Morgan fingerprint density at radius 1 is 1.45 bits per heavy atom. The number of halogens is 1. The lowest BCUT2D eigenvalue weighted by atomic mass is 10.2. The van der Waals surface area contributed by atoms with Crippen LogP contribution in [0, 0.1) is 12.3 Å². The number of terminal acetylenes is 1. The number of anilines is 3. The van der Waals surface area contributed by atoms with Crippen molar-refractivity contribution < 1.29 is 4.79 Å². The largest absolute Gasteiger partial charge is 0.358 e. The molecule has 1 heterocycles. The van der Waals surface area contributed by atoms with E-state index in [2.05, 4.69) is 26.5 Å². The number of rotatable bonds is 5. The average molecular weight is 287 g/mol. The molecule has 0 amide bonds. The summed E-state index contributed by atoms with van der Waals surface area (Å²) in [4.78, 5) is 19.0. The smallest absolute Gasteiger partial charge is 0.229 e. The molecule has 0 aliphatic carbocycles. The Hall–Kier alpha value is -2.58. The maximum atomic E-state index is 10.7. The van der Waals surface area contributed by atoms with Crippen molar-refractivity contribution in [3.8, 4) is 12.3 Å². The number of nitrogens with one attached hydrogen (secondary N) is 2. The summed E-state index contributed by atoms with van der Waals surface area (Å²) in [6, 6.07) is 6.97. The van der Waals surface area contributed by atoms with Gasteiger partial charge >= 0.3 is 0 Å². The third kappa shape index (κ3) is 3.46. The van der Waals surface area contributed by atoms with Crippen LogP contribution in [0.4, 0.5) is 17.5 Å². The first kappa shape index (κ1) is 13.8. The molecule has 6 heteroatoms. The van der Waals surface area contributed by atoms with Gasteiger partial charge in [0.05, 0.1) is 12.7 Å². The van der Waals surface area contributed by atoms with Crippen molar-refractivity contribution in [2.45, 2.75) is 0 Å². The predicted octanol–water partition coefficient (Wildman–Crippen LogP) is 2.73. The Morgan fingerprint density at radius 2 is 2.30 bits per heavy atom. The molecule has 5 nitrogen and oxygen atoms in total. The molecule has 0 fully saturated rings. The summed E-state index contributed by atoms with van der Waals surface area (Å²) in [6.07, 6.45) is 7.42. The first-order chi connectivity index (χ1) is 9.72. The Balaban J connectivity index is 2.20. The number of aromatic nitrogens is 2. The molecule has 1 aromatic heterocycles. The van der Waals surface area contributed by atoms with E-state index in [1.165, 1.54) is 6.20 Å². The summed E-state index contributed by atoms with van der Waals surface area (Å²) in [5, 5.41) is 6.27. The van der Waals surface area contributed by atoms with Gasteiger partial charge in [0.1, 0.15) is 11.3 Å². The monoisotopic (exact) mass is 286 g/mol. The summed E-state index contributed by atoms with van der Waals surface area (Å²) in [5.41, 5.74) is 1.27. The van der Waals surface area contributed by atoms with E-state index < -0.39 is 0 Å². The van der Waals surface area contributed by atoms with Crippen molar-refractivity contribution in [1.82, 2.24) is 9.97 Å². The van der Waals surface area contributed by atoms with E-state index in [0.717, 1.165) is 6.29 Å². The summed E-state index contributed by atoms with van der Waals surface area (Å²) < 4.78 is 0. The summed E-state index contributed by atoms with van der Waals surface area (Å²) >= 11 is 5.95. The molecule has 0 spiro atoms. The first-order valence-electron chi connectivity index (χ1n) is 5.75.